The number of carbonyl (C=O) groups excluding carboxylic acids is 1. The van der Waals surface area contributed by atoms with Crippen LogP contribution >= 0.6 is 24.0 Å². The van der Waals surface area contributed by atoms with E-state index in [-0.39, 0.29) is 5.91 Å². The van der Waals surface area contributed by atoms with Crippen LogP contribution in [0.1, 0.15) is 40.0 Å². The Morgan fingerprint density at radius 1 is 1.60 bits per heavy atom. The second-order valence-electron chi connectivity index (χ2n) is 3.38. The summed E-state index contributed by atoms with van der Waals surface area (Å²) in [6, 6.07) is 2.19. The summed E-state index contributed by atoms with van der Waals surface area (Å²) >= 11 is 6.24. The van der Waals surface area contributed by atoms with Crippen molar-refractivity contribution in [3.63, 3.8) is 0 Å². The van der Waals surface area contributed by atoms with E-state index in [4.69, 9.17) is 17.5 Å². The molecule has 84 valence electrons. The molecule has 0 heterocycles. The first kappa shape index (κ1) is 14.4. The fourth-order valence-corrected chi connectivity index (χ4v) is 2.24. The van der Waals surface area contributed by atoms with Crippen LogP contribution in [0.5, 0.6) is 0 Å². The predicted molar refractivity (Wildman–Crippen MR) is 67.5 cm³/mol. The Labute approximate surface area is 101 Å². The van der Waals surface area contributed by atoms with Crippen molar-refractivity contribution in [2.45, 2.75) is 44.8 Å². The number of nitrogens with one attached hydrogen (secondary N) is 1. The summed E-state index contributed by atoms with van der Waals surface area (Å²) in [6.07, 6.45) is 1.95. The standard InChI is InChI=1S/C10H16N2OS2/c1-4-6-8(13)12-9(14)15-10(3,5-2)7-11/h4-6H2,1-3H3,(H,12,13,14). The molecule has 1 unspecified atom stereocenters. The van der Waals surface area contributed by atoms with Crippen molar-refractivity contribution >= 4 is 34.2 Å². The fraction of sp³-hybridized carbons (Fsp3) is 0.700. The maximum Gasteiger partial charge on any atom is 0.225 e. The first-order valence-electron chi connectivity index (χ1n) is 4.91. The van der Waals surface area contributed by atoms with Crippen molar-refractivity contribution in [2.24, 2.45) is 0 Å². The maximum atomic E-state index is 11.2. The van der Waals surface area contributed by atoms with E-state index in [0.29, 0.717) is 17.2 Å². The first-order valence-corrected chi connectivity index (χ1v) is 6.14. The van der Waals surface area contributed by atoms with Crippen LogP contribution in [0.3, 0.4) is 0 Å². The van der Waals surface area contributed by atoms with Gasteiger partial charge in [-0.05, 0) is 19.8 Å². The lowest BCUT2D eigenvalue weighted by atomic mass is 10.1. The summed E-state index contributed by atoms with van der Waals surface area (Å²) < 4.78 is -0.157. The minimum atomic E-state index is -0.545. The van der Waals surface area contributed by atoms with Crippen LogP contribution in [-0.2, 0) is 4.79 Å². The highest BCUT2D eigenvalue weighted by molar-refractivity contribution is 8.24. The van der Waals surface area contributed by atoms with Crippen molar-refractivity contribution in [3.8, 4) is 6.07 Å². The van der Waals surface area contributed by atoms with Gasteiger partial charge >= 0.3 is 0 Å². The zero-order valence-corrected chi connectivity index (χ0v) is 10.9. The smallest absolute Gasteiger partial charge is 0.225 e. The molecule has 0 radical (unpaired) electrons. The number of thiocarbonyl (C=S) groups is 1. The molecule has 5 heteroatoms. The number of nitriles is 1. The Morgan fingerprint density at radius 2 is 2.20 bits per heavy atom. The molecule has 15 heavy (non-hydrogen) atoms. The fourth-order valence-electron chi connectivity index (χ4n) is 0.808. The molecule has 0 saturated carbocycles. The highest BCUT2D eigenvalue weighted by Gasteiger charge is 2.24. The van der Waals surface area contributed by atoms with Crippen LogP contribution < -0.4 is 5.32 Å². The summed E-state index contributed by atoms with van der Waals surface area (Å²) in [4.78, 5) is 11.2. The second kappa shape index (κ2) is 6.81. The molecule has 3 nitrogen and oxygen atoms in total. The lowest BCUT2D eigenvalue weighted by molar-refractivity contribution is -0.119. The van der Waals surface area contributed by atoms with Gasteiger partial charge in [0.1, 0.15) is 9.07 Å². The van der Waals surface area contributed by atoms with Gasteiger partial charge in [-0.1, -0.05) is 37.8 Å². The van der Waals surface area contributed by atoms with Gasteiger partial charge in [-0.2, -0.15) is 5.26 Å². The second-order valence-corrected chi connectivity index (χ2v) is 5.56. The van der Waals surface area contributed by atoms with Crippen molar-refractivity contribution in [1.82, 2.24) is 5.32 Å². The number of nitrogens with zero attached hydrogens (tertiary/aromatic N) is 1. The maximum absolute atomic E-state index is 11.2. The van der Waals surface area contributed by atoms with Crippen molar-refractivity contribution in [2.75, 3.05) is 0 Å². The number of hydrogen-bond acceptors (Lipinski definition) is 4. The third-order valence-electron chi connectivity index (χ3n) is 1.95. The normalized spacial score (nSPS) is 13.7. The molecule has 0 fully saturated rings. The number of thioether (sulfide) groups is 1. The van der Waals surface area contributed by atoms with E-state index < -0.39 is 4.75 Å². The molecule has 0 saturated heterocycles. The van der Waals surface area contributed by atoms with Crippen LogP contribution in [-0.4, -0.2) is 15.0 Å². The highest BCUT2D eigenvalue weighted by Crippen LogP contribution is 2.28. The van der Waals surface area contributed by atoms with Crippen LogP contribution in [0.15, 0.2) is 0 Å². The lowest BCUT2D eigenvalue weighted by Crippen LogP contribution is -2.30. The molecule has 0 aliphatic heterocycles. The Morgan fingerprint density at radius 3 is 2.60 bits per heavy atom. The molecular weight excluding hydrogens is 228 g/mol. The van der Waals surface area contributed by atoms with Gasteiger partial charge in [-0.15, -0.1) is 0 Å². The van der Waals surface area contributed by atoms with Gasteiger partial charge in [0, 0.05) is 6.42 Å². The number of rotatable bonds is 4. The van der Waals surface area contributed by atoms with Gasteiger partial charge in [0.05, 0.1) is 6.07 Å². The first-order chi connectivity index (χ1) is 6.97. The quantitative estimate of drug-likeness (QED) is 0.772. The minimum Gasteiger partial charge on any atom is -0.312 e. The van der Waals surface area contributed by atoms with E-state index >= 15 is 0 Å². The Bertz CT molecular complexity index is 286. The number of carbonyl (C=O) groups is 1. The molecule has 1 atom stereocenters. The molecule has 0 aromatic carbocycles. The number of hydrogen-bond donors (Lipinski definition) is 1. The Kier molecular flexibility index (Phi) is 6.53. The molecule has 0 aliphatic carbocycles. The third-order valence-corrected chi connectivity index (χ3v) is 3.42. The summed E-state index contributed by atoms with van der Waals surface area (Å²) in [5.74, 6) is -0.0774. The van der Waals surface area contributed by atoms with E-state index in [1.165, 1.54) is 11.8 Å². The minimum absolute atomic E-state index is 0.0774. The Balaban J connectivity index is 4.15. The van der Waals surface area contributed by atoms with Crippen LogP contribution in [0, 0.1) is 11.3 Å². The SMILES string of the molecule is CCCC(=O)NC(=S)SC(C)(C#N)CC. The van der Waals surface area contributed by atoms with E-state index in [9.17, 15) is 4.79 Å². The molecule has 1 N–H and O–H groups in total. The lowest BCUT2D eigenvalue weighted by Gasteiger charge is -2.18. The van der Waals surface area contributed by atoms with Crippen LogP contribution in [0.25, 0.3) is 0 Å². The summed E-state index contributed by atoms with van der Waals surface area (Å²) in [7, 11) is 0. The summed E-state index contributed by atoms with van der Waals surface area (Å²) in [5, 5.41) is 11.5. The molecule has 1 amide bonds. The molecule has 0 rings (SSSR count). The monoisotopic (exact) mass is 244 g/mol. The van der Waals surface area contributed by atoms with Gasteiger partial charge in [0.25, 0.3) is 0 Å². The van der Waals surface area contributed by atoms with E-state index in [1.807, 2.05) is 20.8 Å². The van der Waals surface area contributed by atoms with Gasteiger partial charge in [-0.25, -0.2) is 0 Å². The van der Waals surface area contributed by atoms with Crippen molar-refractivity contribution in [3.05, 3.63) is 0 Å². The van der Waals surface area contributed by atoms with Gasteiger partial charge in [-0.3, -0.25) is 4.79 Å². The zero-order chi connectivity index (χ0) is 11.9. The number of amides is 1. The zero-order valence-electron chi connectivity index (χ0n) is 9.29. The third kappa shape index (κ3) is 5.75. The van der Waals surface area contributed by atoms with Crippen LogP contribution in [0.2, 0.25) is 0 Å². The molecule has 0 aromatic heterocycles. The summed E-state index contributed by atoms with van der Waals surface area (Å²) in [6.45, 7) is 5.67. The highest BCUT2D eigenvalue weighted by atomic mass is 32.2. The molecule has 0 aromatic rings. The molecular formula is C10H16N2OS2. The molecule has 0 aliphatic rings. The predicted octanol–water partition coefficient (Wildman–Crippen LogP) is 2.61. The Hall–Kier alpha value is -0.600. The largest absolute Gasteiger partial charge is 0.312 e. The molecule has 0 spiro atoms. The van der Waals surface area contributed by atoms with E-state index in [0.717, 1.165) is 6.42 Å². The topological polar surface area (TPSA) is 52.9 Å². The van der Waals surface area contributed by atoms with Gasteiger partial charge in [0.15, 0.2) is 0 Å². The van der Waals surface area contributed by atoms with Crippen LogP contribution in [0.4, 0.5) is 0 Å². The molecule has 0 bridgehead atoms. The average Bonchev–Trinajstić information content (AvgIpc) is 2.17. The van der Waals surface area contributed by atoms with Gasteiger partial charge in [0.2, 0.25) is 5.91 Å². The van der Waals surface area contributed by atoms with E-state index in [2.05, 4.69) is 11.4 Å². The summed E-state index contributed by atoms with van der Waals surface area (Å²) in [5.41, 5.74) is 0. The van der Waals surface area contributed by atoms with Gasteiger partial charge < -0.3 is 5.32 Å². The van der Waals surface area contributed by atoms with E-state index in [1.54, 1.807) is 0 Å². The average molecular weight is 244 g/mol. The van der Waals surface area contributed by atoms with Crippen molar-refractivity contribution in [1.29, 1.82) is 5.26 Å². The van der Waals surface area contributed by atoms with Crippen molar-refractivity contribution < 1.29 is 4.79 Å².